The van der Waals surface area contributed by atoms with E-state index in [-0.39, 0.29) is 30.0 Å². The number of aromatic nitrogens is 2. The zero-order valence-corrected chi connectivity index (χ0v) is 12.1. The molecule has 0 aliphatic carbocycles. The molecule has 0 spiro atoms. The fraction of sp³-hybridized carbons (Fsp3) is 0.769. The van der Waals surface area contributed by atoms with Gasteiger partial charge in [-0.2, -0.15) is 8.75 Å². The molecule has 3 atom stereocenters. The highest BCUT2D eigenvalue weighted by Gasteiger charge is 2.56. The number of nitrogens with zero attached hydrogens (tertiary/aromatic N) is 3. The Morgan fingerprint density at radius 2 is 2.32 bits per heavy atom. The zero-order valence-electron chi connectivity index (χ0n) is 11.3. The molecular weight excluding hydrogens is 262 g/mol. The van der Waals surface area contributed by atoms with Crippen molar-refractivity contribution < 1.29 is 9.90 Å². The smallest absolute Gasteiger partial charge is 0.276 e. The van der Waals surface area contributed by atoms with E-state index in [1.54, 1.807) is 0 Å². The molecule has 3 heterocycles. The first-order valence-corrected chi connectivity index (χ1v) is 7.58. The lowest BCUT2D eigenvalue weighted by atomic mass is 9.72. The number of amides is 1. The van der Waals surface area contributed by atoms with E-state index in [0.717, 1.165) is 37.4 Å². The van der Waals surface area contributed by atoms with Gasteiger partial charge in [0.2, 0.25) is 0 Å². The van der Waals surface area contributed by atoms with Crippen LogP contribution in [0.1, 0.15) is 48.8 Å². The minimum absolute atomic E-state index is 0.00234. The average molecular weight is 281 g/mol. The summed E-state index contributed by atoms with van der Waals surface area (Å²) in [6.45, 7) is 4.10. The Morgan fingerprint density at radius 1 is 1.53 bits per heavy atom. The van der Waals surface area contributed by atoms with Gasteiger partial charge >= 0.3 is 0 Å². The first-order valence-electron chi connectivity index (χ1n) is 6.85. The van der Waals surface area contributed by atoms with E-state index < -0.39 is 0 Å². The highest BCUT2D eigenvalue weighted by molar-refractivity contribution is 6.99. The van der Waals surface area contributed by atoms with Crippen LogP contribution in [0.15, 0.2) is 0 Å². The summed E-state index contributed by atoms with van der Waals surface area (Å²) in [6, 6.07) is 0.437. The number of carbonyl (C=O) groups is 1. The molecule has 0 saturated carbocycles. The molecule has 1 aromatic heterocycles. The van der Waals surface area contributed by atoms with Crippen LogP contribution in [0.2, 0.25) is 0 Å². The van der Waals surface area contributed by atoms with Crippen LogP contribution in [0.25, 0.3) is 0 Å². The summed E-state index contributed by atoms with van der Waals surface area (Å²) >= 11 is 1.09. The first kappa shape index (κ1) is 13.0. The standard InChI is InChI=1S/C13H19N3O2S/c1-3-13(7-17)6-9-4-5-10(13)16(9)12(18)11-8(2)14-19-15-11/h9-10,17H,3-7H2,1-2H3/t9-,10+,13-/m0/s1. The third-order valence-electron chi connectivity index (χ3n) is 4.96. The molecule has 3 rings (SSSR count). The maximum Gasteiger partial charge on any atom is 0.276 e. The molecule has 1 aromatic rings. The predicted octanol–water partition coefficient (Wildman–Crippen LogP) is 1.61. The number of aliphatic hydroxyl groups excluding tert-OH is 1. The van der Waals surface area contributed by atoms with Crippen molar-refractivity contribution in [3.8, 4) is 0 Å². The molecule has 104 valence electrons. The Balaban J connectivity index is 1.91. The Morgan fingerprint density at radius 3 is 2.84 bits per heavy atom. The van der Waals surface area contributed by atoms with E-state index in [9.17, 15) is 9.90 Å². The number of aliphatic hydroxyl groups is 1. The Labute approximate surface area is 117 Å². The molecule has 6 heteroatoms. The number of fused-ring (bicyclic) bond motifs is 2. The summed E-state index contributed by atoms with van der Waals surface area (Å²) in [5, 5.41) is 9.76. The molecule has 2 saturated heterocycles. The molecule has 0 unspecified atom stereocenters. The summed E-state index contributed by atoms with van der Waals surface area (Å²) in [5.74, 6) is 0.00234. The molecule has 2 aliphatic heterocycles. The average Bonchev–Trinajstić information content (AvgIpc) is 3.10. The van der Waals surface area contributed by atoms with Gasteiger partial charge in [0.05, 0.1) is 24.0 Å². The third-order valence-corrected chi connectivity index (χ3v) is 5.58. The molecule has 1 N–H and O–H groups in total. The first-order chi connectivity index (χ1) is 9.13. The molecular formula is C13H19N3O2S. The van der Waals surface area contributed by atoms with E-state index in [1.165, 1.54) is 0 Å². The van der Waals surface area contributed by atoms with Crippen LogP contribution in [0.4, 0.5) is 0 Å². The zero-order chi connectivity index (χ0) is 13.6. The van der Waals surface area contributed by atoms with Gasteiger partial charge in [-0.25, -0.2) is 0 Å². The van der Waals surface area contributed by atoms with Crippen molar-refractivity contribution in [2.24, 2.45) is 5.41 Å². The van der Waals surface area contributed by atoms with Gasteiger partial charge in [0.15, 0.2) is 5.69 Å². The summed E-state index contributed by atoms with van der Waals surface area (Å²) in [5.41, 5.74) is 1.11. The van der Waals surface area contributed by atoms with E-state index in [2.05, 4.69) is 15.7 Å². The summed E-state index contributed by atoms with van der Waals surface area (Å²) in [7, 11) is 0. The Kier molecular flexibility index (Phi) is 3.09. The predicted molar refractivity (Wildman–Crippen MR) is 72.1 cm³/mol. The molecule has 19 heavy (non-hydrogen) atoms. The fourth-order valence-electron chi connectivity index (χ4n) is 3.81. The highest BCUT2D eigenvalue weighted by atomic mass is 32.1. The van der Waals surface area contributed by atoms with Crippen molar-refractivity contribution in [2.75, 3.05) is 6.61 Å². The van der Waals surface area contributed by atoms with Crippen molar-refractivity contribution in [1.82, 2.24) is 13.6 Å². The van der Waals surface area contributed by atoms with Crippen LogP contribution in [0.5, 0.6) is 0 Å². The maximum absolute atomic E-state index is 12.7. The van der Waals surface area contributed by atoms with Crippen LogP contribution in [-0.2, 0) is 0 Å². The number of hydrogen-bond acceptors (Lipinski definition) is 5. The molecule has 1 amide bonds. The van der Waals surface area contributed by atoms with E-state index in [4.69, 9.17) is 0 Å². The molecule has 2 bridgehead atoms. The van der Waals surface area contributed by atoms with Crippen LogP contribution < -0.4 is 0 Å². The largest absolute Gasteiger partial charge is 0.396 e. The van der Waals surface area contributed by atoms with Crippen molar-refractivity contribution >= 4 is 17.6 Å². The lowest BCUT2D eigenvalue weighted by molar-refractivity contribution is 0.0553. The number of carbonyl (C=O) groups excluding carboxylic acids is 1. The molecule has 2 fully saturated rings. The minimum Gasteiger partial charge on any atom is -0.396 e. The van der Waals surface area contributed by atoms with E-state index in [0.29, 0.717) is 11.4 Å². The normalized spacial score (nSPS) is 33.1. The quantitative estimate of drug-likeness (QED) is 0.914. The molecule has 0 radical (unpaired) electrons. The summed E-state index contributed by atoms with van der Waals surface area (Å²) < 4.78 is 8.22. The monoisotopic (exact) mass is 281 g/mol. The van der Waals surface area contributed by atoms with Crippen LogP contribution in [0, 0.1) is 12.3 Å². The van der Waals surface area contributed by atoms with Crippen molar-refractivity contribution in [1.29, 1.82) is 0 Å². The third kappa shape index (κ3) is 1.73. The number of hydrogen-bond donors (Lipinski definition) is 1. The van der Waals surface area contributed by atoms with Gasteiger partial charge in [-0.05, 0) is 32.6 Å². The van der Waals surface area contributed by atoms with Gasteiger partial charge in [0.1, 0.15) is 0 Å². The van der Waals surface area contributed by atoms with Gasteiger partial charge in [0.25, 0.3) is 5.91 Å². The topological polar surface area (TPSA) is 66.3 Å². The molecule has 0 aromatic carbocycles. The highest BCUT2D eigenvalue weighted by Crippen LogP contribution is 2.51. The van der Waals surface area contributed by atoms with Gasteiger partial charge in [-0.15, -0.1) is 0 Å². The summed E-state index contributed by atoms with van der Waals surface area (Å²) in [4.78, 5) is 14.6. The Hall–Kier alpha value is -1.01. The number of rotatable bonds is 3. The van der Waals surface area contributed by atoms with E-state index in [1.807, 2.05) is 11.8 Å². The Bertz CT molecular complexity index is 498. The van der Waals surface area contributed by atoms with Crippen LogP contribution in [0.3, 0.4) is 0 Å². The lowest BCUT2D eigenvalue weighted by Crippen LogP contribution is -2.42. The summed E-state index contributed by atoms with van der Waals surface area (Å²) in [6.07, 6.45) is 3.89. The second kappa shape index (κ2) is 4.52. The van der Waals surface area contributed by atoms with Gasteiger partial charge in [-0.1, -0.05) is 6.92 Å². The van der Waals surface area contributed by atoms with Crippen LogP contribution in [-0.4, -0.2) is 43.4 Å². The van der Waals surface area contributed by atoms with E-state index >= 15 is 0 Å². The van der Waals surface area contributed by atoms with Gasteiger partial charge in [-0.3, -0.25) is 4.79 Å². The molecule has 5 nitrogen and oxygen atoms in total. The van der Waals surface area contributed by atoms with Gasteiger partial charge in [0, 0.05) is 17.5 Å². The SMILES string of the molecule is CC[C@@]1(CO)C[C@@H]2CC[C@H]1N2C(=O)c1nsnc1C. The number of aryl methyl sites for hydroxylation is 1. The van der Waals surface area contributed by atoms with Crippen molar-refractivity contribution in [2.45, 2.75) is 51.6 Å². The molecule has 2 aliphatic rings. The fourth-order valence-corrected chi connectivity index (χ4v) is 4.35. The maximum atomic E-state index is 12.7. The van der Waals surface area contributed by atoms with Crippen molar-refractivity contribution in [3.05, 3.63) is 11.4 Å². The lowest BCUT2D eigenvalue weighted by Gasteiger charge is -2.34. The second-order valence-electron chi connectivity index (χ2n) is 5.74. The van der Waals surface area contributed by atoms with Crippen molar-refractivity contribution in [3.63, 3.8) is 0 Å². The minimum atomic E-state index is -0.101. The van der Waals surface area contributed by atoms with Crippen LogP contribution >= 0.6 is 11.7 Å². The second-order valence-corrected chi connectivity index (χ2v) is 6.26. The van der Waals surface area contributed by atoms with Gasteiger partial charge < -0.3 is 10.0 Å².